The third-order valence-corrected chi connectivity index (χ3v) is 2.06. The molecule has 0 radical (unpaired) electrons. The lowest BCUT2D eigenvalue weighted by Gasteiger charge is -1.98. The second-order valence-corrected chi connectivity index (χ2v) is 2.97. The van der Waals surface area contributed by atoms with Crippen molar-refractivity contribution in [1.82, 2.24) is 0 Å². The van der Waals surface area contributed by atoms with Crippen molar-refractivity contribution in [3.63, 3.8) is 0 Å². The molecule has 1 rings (SSSR count). The topological polar surface area (TPSA) is 0 Å². The molecular formula is C10H20. The molecule has 0 aromatic rings. The highest BCUT2D eigenvalue weighted by molar-refractivity contribution is 4.92. The van der Waals surface area contributed by atoms with E-state index in [9.17, 15) is 0 Å². The maximum atomic E-state index is 2.28. The number of allylic oxidation sites excluding steroid dienone is 2. The van der Waals surface area contributed by atoms with Gasteiger partial charge in [-0.05, 0) is 18.8 Å². The molecule has 0 heteroatoms. The van der Waals surface area contributed by atoms with Crippen LogP contribution in [0.15, 0.2) is 12.2 Å². The molecule has 0 aliphatic heterocycles. The fourth-order valence-electron chi connectivity index (χ4n) is 0.455. The Hall–Kier alpha value is -0.260. The summed E-state index contributed by atoms with van der Waals surface area (Å²) in [6, 6.07) is 0. The molecule has 60 valence electrons. The number of hydrogen-bond acceptors (Lipinski definition) is 0. The molecular weight excluding hydrogens is 120 g/mol. The summed E-state index contributed by atoms with van der Waals surface area (Å²) in [6.07, 6.45) is 9.66. The lowest BCUT2D eigenvalue weighted by Crippen LogP contribution is -1.85. The summed E-state index contributed by atoms with van der Waals surface area (Å²) in [5.41, 5.74) is 0. The predicted molar refractivity (Wildman–Crippen MR) is 48.1 cm³/mol. The second-order valence-electron chi connectivity index (χ2n) is 2.97. The quantitative estimate of drug-likeness (QED) is 0.512. The van der Waals surface area contributed by atoms with E-state index in [0.29, 0.717) is 0 Å². The van der Waals surface area contributed by atoms with Crippen molar-refractivity contribution in [1.29, 1.82) is 0 Å². The van der Waals surface area contributed by atoms with Crippen LogP contribution in [0.1, 0.15) is 46.5 Å². The van der Waals surface area contributed by atoms with Crippen LogP contribution in [0.5, 0.6) is 0 Å². The van der Waals surface area contributed by atoms with Crippen LogP contribution in [0.3, 0.4) is 0 Å². The molecule has 0 atom stereocenters. The van der Waals surface area contributed by atoms with Crippen LogP contribution in [-0.2, 0) is 0 Å². The first-order chi connectivity index (χ1) is 4.81. The molecule has 0 spiro atoms. The summed E-state index contributed by atoms with van der Waals surface area (Å²) in [7, 11) is 0. The predicted octanol–water partition coefficient (Wildman–Crippen LogP) is 3.78. The van der Waals surface area contributed by atoms with Crippen molar-refractivity contribution in [3.8, 4) is 0 Å². The van der Waals surface area contributed by atoms with E-state index in [2.05, 4.69) is 32.9 Å². The summed E-state index contributed by atoms with van der Waals surface area (Å²) < 4.78 is 0. The van der Waals surface area contributed by atoms with Crippen LogP contribution in [0, 0.1) is 5.92 Å². The fourth-order valence-corrected chi connectivity index (χ4v) is 0.455. The highest BCUT2D eigenvalue weighted by Crippen LogP contribution is 2.03. The molecule has 0 bridgehead atoms. The smallest absolute Gasteiger partial charge is 0.0316 e. The van der Waals surface area contributed by atoms with Crippen LogP contribution in [-0.4, -0.2) is 0 Å². The van der Waals surface area contributed by atoms with Gasteiger partial charge >= 0.3 is 0 Å². The summed E-state index contributed by atoms with van der Waals surface area (Å²) in [6.45, 7) is 6.74. The van der Waals surface area contributed by atoms with Gasteiger partial charge < -0.3 is 0 Å². The van der Waals surface area contributed by atoms with Crippen molar-refractivity contribution in [2.75, 3.05) is 0 Å². The molecule has 0 saturated heterocycles. The second kappa shape index (κ2) is 6.85. The first-order valence-corrected chi connectivity index (χ1v) is 4.46. The minimum atomic E-state index is 0.935. The van der Waals surface area contributed by atoms with E-state index in [1.165, 1.54) is 25.7 Å². The zero-order chi connectivity index (χ0) is 7.82. The Morgan fingerprint density at radius 3 is 1.40 bits per heavy atom. The maximum Gasteiger partial charge on any atom is -0.0316 e. The van der Waals surface area contributed by atoms with Crippen LogP contribution >= 0.6 is 0 Å². The summed E-state index contributed by atoms with van der Waals surface area (Å²) in [5.74, 6) is 0.935. The van der Waals surface area contributed by atoms with Crippen LogP contribution in [0.25, 0.3) is 0 Å². The zero-order valence-corrected chi connectivity index (χ0v) is 7.56. The van der Waals surface area contributed by atoms with Gasteiger partial charge in [-0.15, -0.1) is 0 Å². The molecule has 0 aromatic carbocycles. The van der Waals surface area contributed by atoms with Crippen LogP contribution < -0.4 is 0 Å². The van der Waals surface area contributed by atoms with Crippen molar-refractivity contribution in [3.05, 3.63) is 12.2 Å². The summed E-state index contributed by atoms with van der Waals surface area (Å²) >= 11 is 0. The van der Waals surface area contributed by atoms with Crippen molar-refractivity contribution in [2.45, 2.75) is 46.5 Å². The van der Waals surface area contributed by atoms with Gasteiger partial charge in [-0.3, -0.25) is 0 Å². The fraction of sp³-hybridized carbons (Fsp3) is 0.800. The molecule has 0 unspecified atom stereocenters. The first kappa shape index (κ1) is 9.74. The number of hydrogen-bond donors (Lipinski definition) is 0. The lowest BCUT2D eigenvalue weighted by atomic mass is 10.1. The molecule has 0 fully saturated rings. The van der Waals surface area contributed by atoms with Gasteiger partial charge in [-0.2, -0.15) is 0 Å². The normalized spacial score (nSPS) is 14.0. The third-order valence-electron chi connectivity index (χ3n) is 2.06. The van der Waals surface area contributed by atoms with Gasteiger partial charge in [0.05, 0.1) is 0 Å². The summed E-state index contributed by atoms with van der Waals surface area (Å²) in [5, 5.41) is 0. The van der Waals surface area contributed by atoms with Crippen molar-refractivity contribution < 1.29 is 0 Å². The van der Waals surface area contributed by atoms with E-state index >= 15 is 0 Å². The average Bonchev–Trinajstić information content (AvgIpc) is 1.83. The monoisotopic (exact) mass is 140 g/mol. The van der Waals surface area contributed by atoms with Crippen LogP contribution in [0.2, 0.25) is 0 Å². The van der Waals surface area contributed by atoms with E-state index < -0.39 is 0 Å². The minimum absolute atomic E-state index is 0.935. The van der Waals surface area contributed by atoms with Crippen molar-refractivity contribution in [2.24, 2.45) is 5.92 Å². The molecule has 0 amide bonds. The van der Waals surface area contributed by atoms with Gasteiger partial charge in [0.25, 0.3) is 0 Å². The van der Waals surface area contributed by atoms with Gasteiger partial charge in [0.15, 0.2) is 0 Å². The minimum Gasteiger partial charge on any atom is -0.0882 e. The van der Waals surface area contributed by atoms with Crippen molar-refractivity contribution >= 4 is 0 Å². The zero-order valence-electron chi connectivity index (χ0n) is 7.56. The SMILES string of the molecule is C1=CCC1.CCC(C)CC. The molecule has 10 heavy (non-hydrogen) atoms. The Bertz CT molecular complexity index is 72.0. The Balaban J connectivity index is 0.000000172. The standard InChI is InChI=1S/C6H14.C4H6/c1-4-6(3)5-2;1-2-4-3-1/h6H,4-5H2,1-3H3;1-2H,3-4H2. The number of rotatable bonds is 2. The van der Waals surface area contributed by atoms with E-state index in [1.807, 2.05) is 0 Å². The molecule has 0 heterocycles. The molecule has 1 aliphatic carbocycles. The Morgan fingerprint density at radius 1 is 1.10 bits per heavy atom. The summed E-state index contributed by atoms with van der Waals surface area (Å²) in [4.78, 5) is 0. The Morgan fingerprint density at radius 2 is 1.40 bits per heavy atom. The van der Waals surface area contributed by atoms with E-state index in [-0.39, 0.29) is 0 Å². The highest BCUT2D eigenvalue weighted by atomic mass is 13.9. The van der Waals surface area contributed by atoms with Gasteiger partial charge in [-0.1, -0.05) is 45.8 Å². The largest absolute Gasteiger partial charge is 0.0882 e. The third kappa shape index (κ3) is 5.87. The molecule has 0 aromatic heterocycles. The average molecular weight is 140 g/mol. The van der Waals surface area contributed by atoms with Gasteiger partial charge in [0, 0.05) is 0 Å². The van der Waals surface area contributed by atoms with E-state index in [4.69, 9.17) is 0 Å². The van der Waals surface area contributed by atoms with Gasteiger partial charge in [-0.25, -0.2) is 0 Å². The van der Waals surface area contributed by atoms with Gasteiger partial charge in [0.1, 0.15) is 0 Å². The van der Waals surface area contributed by atoms with Gasteiger partial charge in [0.2, 0.25) is 0 Å². The van der Waals surface area contributed by atoms with E-state index in [1.54, 1.807) is 0 Å². The first-order valence-electron chi connectivity index (χ1n) is 4.46. The lowest BCUT2D eigenvalue weighted by molar-refractivity contribution is 0.544. The van der Waals surface area contributed by atoms with Crippen LogP contribution in [0.4, 0.5) is 0 Å². The highest BCUT2D eigenvalue weighted by Gasteiger charge is 1.88. The molecule has 0 nitrogen and oxygen atoms in total. The Labute approximate surface area is 65.3 Å². The molecule has 0 N–H and O–H groups in total. The molecule has 0 saturated carbocycles. The molecule has 1 aliphatic rings. The van der Waals surface area contributed by atoms with E-state index in [0.717, 1.165) is 5.92 Å². The Kier molecular flexibility index (Phi) is 6.68. The maximum absolute atomic E-state index is 2.28.